The predicted molar refractivity (Wildman–Crippen MR) is 195 cm³/mol. The Morgan fingerprint density at radius 1 is 0.896 bits per heavy atom. The lowest BCUT2D eigenvalue weighted by atomic mass is 9.50. The van der Waals surface area contributed by atoms with Crippen LogP contribution >= 0.6 is 0 Å². The van der Waals surface area contributed by atoms with Crippen molar-refractivity contribution < 1.29 is 23.4 Å². The first kappa shape index (κ1) is 36.2. The molecule has 1 unspecified atom stereocenters. The molecule has 4 aliphatic heterocycles. The number of benzene rings is 1. The van der Waals surface area contributed by atoms with Crippen LogP contribution in [0.1, 0.15) is 118 Å². The second-order valence-corrected chi connectivity index (χ2v) is 22.5. The number of carbonyl (C=O) groups is 1. The van der Waals surface area contributed by atoms with Gasteiger partial charge in [0, 0.05) is 24.6 Å². The molecule has 7 nitrogen and oxygen atoms in total. The van der Waals surface area contributed by atoms with Crippen LogP contribution in [0.3, 0.4) is 0 Å². The lowest BCUT2D eigenvalue weighted by Crippen LogP contribution is -2.80. The first-order valence-electron chi connectivity index (χ1n) is 19.7. The summed E-state index contributed by atoms with van der Waals surface area (Å²) in [5.74, 6) is 1.73. The highest BCUT2D eigenvalue weighted by molar-refractivity contribution is 6.77. The van der Waals surface area contributed by atoms with Crippen LogP contribution in [0.25, 0.3) is 0 Å². The summed E-state index contributed by atoms with van der Waals surface area (Å²) in [7, 11) is -0.420. The highest BCUT2D eigenvalue weighted by Crippen LogP contribution is 2.64. The number of amides is 1. The van der Waals surface area contributed by atoms with Gasteiger partial charge >= 0.3 is 6.09 Å². The third kappa shape index (κ3) is 6.28. The summed E-state index contributed by atoms with van der Waals surface area (Å²) < 4.78 is 26.2. The van der Waals surface area contributed by atoms with Gasteiger partial charge in [-0.15, -0.1) is 0 Å². The number of hydrogen-bond donors (Lipinski definition) is 0. The number of hydrogen-bond acceptors (Lipinski definition) is 6. The van der Waals surface area contributed by atoms with Gasteiger partial charge < -0.3 is 18.6 Å². The van der Waals surface area contributed by atoms with Crippen molar-refractivity contribution in [2.45, 2.75) is 153 Å². The fourth-order valence-corrected chi connectivity index (χ4v) is 17.5. The zero-order valence-electron chi connectivity index (χ0n) is 31.3. The number of rotatable bonds is 10. The van der Waals surface area contributed by atoms with Crippen LogP contribution in [0.15, 0.2) is 24.3 Å². The van der Waals surface area contributed by atoms with E-state index in [1.54, 1.807) is 7.11 Å². The summed E-state index contributed by atoms with van der Waals surface area (Å²) in [5.41, 5.74) is 2.32. The largest absolute Gasteiger partial charge is 0.497 e. The van der Waals surface area contributed by atoms with Crippen molar-refractivity contribution in [1.82, 2.24) is 9.80 Å². The average molecular weight is 683 g/mol. The SMILES string of the molecule is COc1ccc(CO[C@@H]2COC(=O)N3C[C@@H]4C[C@@]5(CO[Si](C(C)C)(C(C)C)C(C)C)CCCCCCCCCCN6CC[C@@H]4C23[C@@H]65)cc1. The molecule has 4 heterocycles. The molecule has 0 N–H and O–H groups in total. The summed E-state index contributed by atoms with van der Waals surface area (Å²) in [6, 6.07) is 8.42. The summed E-state index contributed by atoms with van der Waals surface area (Å²) in [5, 5.41) is 0. The van der Waals surface area contributed by atoms with Crippen LogP contribution in [0, 0.1) is 17.3 Å². The maximum absolute atomic E-state index is 14.0. The molecule has 4 saturated heterocycles. The third-order valence-electron chi connectivity index (χ3n) is 13.7. The normalized spacial score (nSPS) is 33.2. The van der Waals surface area contributed by atoms with E-state index in [9.17, 15) is 4.79 Å². The van der Waals surface area contributed by atoms with Crippen molar-refractivity contribution in [2.24, 2.45) is 17.3 Å². The van der Waals surface area contributed by atoms with Crippen molar-refractivity contribution in [3.05, 3.63) is 29.8 Å². The van der Waals surface area contributed by atoms with Gasteiger partial charge in [0.05, 0.1) is 19.3 Å². The molecule has 6 rings (SSSR count). The van der Waals surface area contributed by atoms with E-state index < -0.39 is 13.9 Å². The van der Waals surface area contributed by atoms with E-state index in [4.69, 9.17) is 18.6 Å². The van der Waals surface area contributed by atoms with Crippen LogP contribution in [0.2, 0.25) is 16.6 Å². The Morgan fingerprint density at radius 2 is 1.54 bits per heavy atom. The minimum Gasteiger partial charge on any atom is -0.497 e. The quantitative estimate of drug-likeness (QED) is 0.230. The van der Waals surface area contributed by atoms with Crippen molar-refractivity contribution >= 4 is 14.4 Å². The zero-order valence-corrected chi connectivity index (χ0v) is 32.3. The smallest absolute Gasteiger partial charge is 0.410 e. The van der Waals surface area contributed by atoms with E-state index in [-0.39, 0.29) is 23.7 Å². The summed E-state index contributed by atoms with van der Waals surface area (Å²) in [6.45, 7) is 19.2. The molecule has 48 heavy (non-hydrogen) atoms. The third-order valence-corrected chi connectivity index (χ3v) is 19.8. The minimum absolute atomic E-state index is 0.0271. The van der Waals surface area contributed by atoms with Crippen LogP contribution in [-0.4, -0.2) is 81.9 Å². The van der Waals surface area contributed by atoms with Gasteiger partial charge in [0.2, 0.25) is 0 Å². The molecular weight excluding hydrogens is 617 g/mol. The lowest BCUT2D eigenvalue weighted by molar-refractivity contribution is -0.216. The molecule has 1 spiro atoms. The van der Waals surface area contributed by atoms with E-state index >= 15 is 0 Å². The fourth-order valence-electron chi connectivity index (χ4n) is 12.0. The molecule has 5 fully saturated rings. The molecule has 0 radical (unpaired) electrons. The molecule has 1 amide bonds. The molecule has 1 aromatic carbocycles. The molecule has 6 atom stereocenters. The van der Waals surface area contributed by atoms with E-state index in [0.717, 1.165) is 50.4 Å². The van der Waals surface area contributed by atoms with Gasteiger partial charge in [-0.25, -0.2) is 4.79 Å². The Hall–Kier alpha value is -1.61. The summed E-state index contributed by atoms with van der Waals surface area (Å²) >= 11 is 0. The molecule has 1 aliphatic carbocycles. The maximum atomic E-state index is 14.0. The summed E-state index contributed by atoms with van der Waals surface area (Å²) in [4.78, 5) is 19.0. The molecular formula is C40H66N2O5Si. The number of methoxy groups -OCH3 is 1. The standard InChI is InChI=1S/C40H66N2O5Si/c1-29(2)48(30(3)4,31(5)6)47-28-39-21-14-12-10-8-9-11-13-15-22-41-23-20-35-33(24-39)25-42-38(43)46-27-36(40(35,42)37(39)41)45-26-32-16-18-34(44-7)19-17-32/h16-19,29-31,33,35-37H,8-15,20-28H2,1-7H3/t33-,35-,36+,37-,39+,40?/m0/s1. The predicted octanol–water partition coefficient (Wildman–Crippen LogP) is 9.20. The van der Waals surface area contributed by atoms with Crippen molar-refractivity contribution in [3.8, 4) is 5.75 Å². The van der Waals surface area contributed by atoms with Crippen LogP contribution in [-0.2, 0) is 20.5 Å². The Morgan fingerprint density at radius 3 is 2.19 bits per heavy atom. The fraction of sp³-hybridized carbons (Fsp3) is 0.825. The molecule has 270 valence electrons. The van der Waals surface area contributed by atoms with E-state index in [1.165, 1.54) is 57.8 Å². The van der Waals surface area contributed by atoms with Crippen molar-refractivity contribution in [1.29, 1.82) is 0 Å². The van der Waals surface area contributed by atoms with Crippen LogP contribution in [0.5, 0.6) is 5.75 Å². The molecule has 4 bridgehead atoms. The Balaban J connectivity index is 1.44. The number of piperidine rings is 1. The molecule has 5 aliphatic rings. The number of cyclic esters (lactones) is 1. The molecule has 1 saturated carbocycles. The highest BCUT2D eigenvalue weighted by atomic mass is 28.4. The van der Waals surface area contributed by atoms with Crippen LogP contribution in [0.4, 0.5) is 4.79 Å². The molecule has 1 aromatic rings. The van der Waals surface area contributed by atoms with Gasteiger partial charge in [0.25, 0.3) is 0 Å². The van der Waals surface area contributed by atoms with Gasteiger partial charge in [0.1, 0.15) is 18.5 Å². The van der Waals surface area contributed by atoms with Crippen LogP contribution < -0.4 is 4.74 Å². The average Bonchev–Trinajstić information content (AvgIpc) is 3.32. The van der Waals surface area contributed by atoms with E-state index in [0.29, 0.717) is 41.7 Å². The second kappa shape index (κ2) is 14.9. The van der Waals surface area contributed by atoms with E-state index in [2.05, 4.69) is 63.5 Å². The maximum Gasteiger partial charge on any atom is 0.410 e. The van der Waals surface area contributed by atoms with Gasteiger partial charge in [-0.3, -0.25) is 9.80 Å². The Bertz CT molecular complexity index is 1200. The minimum atomic E-state index is -2.12. The van der Waals surface area contributed by atoms with E-state index in [1.807, 2.05) is 12.1 Å². The van der Waals surface area contributed by atoms with Gasteiger partial charge in [-0.2, -0.15) is 0 Å². The van der Waals surface area contributed by atoms with Gasteiger partial charge in [-0.1, -0.05) is 98.6 Å². The summed E-state index contributed by atoms with van der Waals surface area (Å²) in [6.07, 6.45) is 13.6. The first-order chi connectivity index (χ1) is 23.1. The Kier molecular flexibility index (Phi) is 11.3. The van der Waals surface area contributed by atoms with Crippen molar-refractivity contribution in [2.75, 3.05) is 40.0 Å². The number of carbonyl (C=O) groups excluding carboxylic acids is 1. The first-order valence-corrected chi connectivity index (χ1v) is 21.8. The topological polar surface area (TPSA) is 60.5 Å². The lowest BCUT2D eigenvalue weighted by Gasteiger charge is -2.67. The molecule has 0 aromatic heterocycles. The van der Waals surface area contributed by atoms with Gasteiger partial charge in [0.15, 0.2) is 8.32 Å². The number of ether oxygens (including phenoxy) is 3. The monoisotopic (exact) mass is 682 g/mol. The Labute approximate surface area is 292 Å². The second-order valence-electron chi connectivity index (χ2n) is 17.1. The molecule has 8 heteroatoms. The zero-order chi connectivity index (χ0) is 34.1. The highest BCUT2D eigenvalue weighted by Gasteiger charge is 2.75. The van der Waals surface area contributed by atoms with Gasteiger partial charge in [-0.05, 0) is 84.9 Å². The van der Waals surface area contributed by atoms with Crippen molar-refractivity contribution in [3.63, 3.8) is 0 Å². The number of nitrogens with zero attached hydrogens (tertiary/aromatic N) is 2.